The number of amides is 1. The molecule has 1 aromatic heterocycles. The minimum absolute atomic E-state index is 0.215. The number of hydrogen-bond acceptors (Lipinski definition) is 5. The first-order chi connectivity index (χ1) is 11.7. The largest absolute Gasteiger partial charge is 0.350 e. The molecule has 1 amide bonds. The molecular weight excluding hydrogens is 328 g/mol. The minimum atomic E-state index is -0.240. The quantitative estimate of drug-likeness (QED) is 0.782. The number of aromatic nitrogens is 1. The normalized spacial score (nSPS) is 15.4. The molecule has 0 unspecified atom stereocenters. The van der Waals surface area contributed by atoms with Crippen molar-refractivity contribution < 1.29 is 9.32 Å². The second-order valence-corrected chi connectivity index (χ2v) is 6.22. The SMILES string of the molecule is O=C(NCCCN1CCNCC1)c1cc(-c2cccc(Cl)c2)no1. The molecule has 3 rings (SSSR count). The molecule has 1 aliphatic heterocycles. The Morgan fingerprint density at radius 2 is 2.17 bits per heavy atom. The summed E-state index contributed by atoms with van der Waals surface area (Å²) in [4.78, 5) is 14.5. The van der Waals surface area contributed by atoms with E-state index in [1.54, 1.807) is 18.2 Å². The Labute approximate surface area is 146 Å². The molecule has 0 saturated carbocycles. The van der Waals surface area contributed by atoms with Gasteiger partial charge in [0.25, 0.3) is 5.91 Å². The molecule has 0 atom stereocenters. The van der Waals surface area contributed by atoms with E-state index in [0.717, 1.165) is 44.7 Å². The van der Waals surface area contributed by atoms with Crippen molar-refractivity contribution in [2.75, 3.05) is 39.3 Å². The van der Waals surface area contributed by atoms with Crippen molar-refractivity contribution in [1.82, 2.24) is 20.7 Å². The summed E-state index contributed by atoms with van der Waals surface area (Å²) in [5.74, 6) is -0.0248. The number of carbonyl (C=O) groups is 1. The Morgan fingerprint density at radius 1 is 1.33 bits per heavy atom. The first kappa shape index (κ1) is 17.0. The van der Waals surface area contributed by atoms with E-state index in [1.807, 2.05) is 12.1 Å². The predicted octanol–water partition coefficient (Wildman–Crippen LogP) is 2.02. The van der Waals surface area contributed by atoms with Gasteiger partial charge in [-0.1, -0.05) is 28.9 Å². The first-order valence-corrected chi connectivity index (χ1v) is 8.54. The number of halogens is 1. The average molecular weight is 349 g/mol. The van der Waals surface area contributed by atoms with Crippen molar-refractivity contribution in [3.05, 3.63) is 41.1 Å². The smallest absolute Gasteiger partial charge is 0.289 e. The highest BCUT2D eigenvalue weighted by molar-refractivity contribution is 6.30. The Bertz CT molecular complexity index is 683. The molecule has 24 heavy (non-hydrogen) atoms. The van der Waals surface area contributed by atoms with Crippen LogP contribution in [-0.4, -0.2) is 55.2 Å². The number of carbonyl (C=O) groups excluding carboxylic acids is 1. The van der Waals surface area contributed by atoms with Gasteiger partial charge in [0.2, 0.25) is 5.76 Å². The van der Waals surface area contributed by atoms with Crippen LogP contribution in [0.25, 0.3) is 11.3 Å². The number of piperazine rings is 1. The number of rotatable bonds is 6. The maximum atomic E-state index is 12.1. The lowest BCUT2D eigenvalue weighted by Crippen LogP contribution is -2.44. The van der Waals surface area contributed by atoms with Crippen LogP contribution in [0, 0.1) is 0 Å². The molecular formula is C17H21ClN4O2. The van der Waals surface area contributed by atoms with E-state index in [9.17, 15) is 4.79 Å². The van der Waals surface area contributed by atoms with Crippen LogP contribution in [0.4, 0.5) is 0 Å². The zero-order valence-electron chi connectivity index (χ0n) is 13.4. The number of benzene rings is 1. The fourth-order valence-corrected chi connectivity index (χ4v) is 2.88. The van der Waals surface area contributed by atoms with Crippen molar-refractivity contribution in [3.8, 4) is 11.3 Å². The standard InChI is InChI=1S/C17H21ClN4O2/c18-14-4-1-3-13(11-14)15-12-16(24-21-15)17(23)20-5-2-8-22-9-6-19-7-10-22/h1,3-4,11-12,19H,2,5-10H2,(H,20,23). The highest BCUT2D eigenvalue weighted by Gasteiger charge is 2.14. The molecule has 0 spiro atoms. The van der Waals surface area contributed by atoms with Crippen LogP contribution >= 0.6 is 11.6 Å². The summed E-state index contributed by atoms with van der Waals surface area (Å²) in [6.07, 6.45) is 0.918. The summed E-state index contributed by atoms with van der Waals surface area (Å²) in [6.45, 7) is 5.83. The summed E-state index contributed by atoms with van der Waals surface area (Å²) in [5, 5.41) is 10.8. The van der Waals surface area contributed by atoms with Crippen LogP contribution in [-0.2, 0) is 0 Å². The second kappa shape index (κ2) is 8.28. The van der Waals surface area contributed by atoms with E-state index in [-0.39, 0.29) is 11.7 Å². The van der Waals surface area contributed by atoms with Crippen LogP contribution in [0.3, 0.4) is 0 Å². The molecule has 2 N–H and O–H groups in total. The Hall–Kier alpha value is -1.89. The molecule has 1 aliphatic rings. The molecule has 7 heteroatoms. The van der Waals surface area contributed by atoms with Crippen LogP contribution in [0.2, 0.25) is 5.02 Å². The van der Waals surface area contributed by atoms with E-state index in [4.69, 9.17) is 16.1 Å². The van der Waals surface area contributed by atoms with Crippen LogP contribution in [0.1, 0.15) is 17.0 Å². The lowest BCUT2D eigenvalue weighted by atomic mass is 10.1. The zero-order chi connectivity index (χ0) is 16.8. The molecule has 1 aromatic carbocycles. The third-order valence-electron chi connectivity index (χ3n) is 4.00. The average Bonchev–Trinajstić information content (AvgIpc) is 3.10. The van der Waals surface area contributed by atoms with E-state index in [0.29, 0.717) is 17.3 Å². The fraction of sp³-hybridized carbons (Fsp3) is 0.412. The van der Waals surface area contributed by atoms with Crippen molar-refractivity contribution in [3.63, 3.8) is 0 Å². The summed E-state index contributed by atoms with van der Waals surface area (Å²) >= 11 is 5.97. The Kier molecular flexibility index (Phi) is 5.85. The van der Waals surface area contributed by atoms with Gasteiger partial charge in [-0.15, -0.1) is 0 Å². The van der Waals surface area contributed by atoms with Gasteiger partial charge in [0.05, 0.1) is 0 Å². The molecule has 0 radical (unpaired) electrons. The molecule has 2 heterocycles. The van der Waals surface area contributed by atoms with E-state index >= 15 is 0 Å². The maximum Gasteiger partial charge on any atom is 0.289 e. The van der Waals surface area contributed by atoms with Gasteiger partial charge in [0, 0.05) is 49.4 Å². The van der Waals surface area contributed by atoms with Gasteiger partial charge in [-0.3, -0.25) is 4.79 Å². The molecule has 0 aliphatic carbocycles. The van der Waals surface area contributed by atoms with Crippen molar-refractivity contribution in [2.24, 2.45) is 0 Å². The summed E-state index contributed by atoms with van der Waals surface area (Å²) < 4.78 is 5.14. The third-order valence-corrected chi connectivity index (χ3v) is 4.24. The van der Waals surface area contributed by atoms with E-state index < -0.39 is 0 Å². The molecule has 128 valence electrons. The number of nitrogens with one attached hydrogen (secondary N) is 2. The topological polar surface area (TPSA) is 70.4 Å². The molecule has 1 saturated heterocycles. The van der Waals surface area contributed by atoms with Crippen LogP contribution < -0.4 is 10.6 Å². The zero-order valence-corrected chi connectivity index (χ0v) is 14.2. The van der Waals surface area contributed by atoms with Gasteiger partial charge in [-0.25, -0.2) is 0 Å². The minimum Gasteiger partial charge on any atom is -0.350 e. The fourth-order valence-electron chi connectivity index (χ4n) is 2.69. The molecule has 6 nitrogen and oxygen atoms in total. The highest BCUT2D eigenvalue weighted by Crippen LogP contribution is 2.22. The number of nitrogens with zero attached hydrogens (tertiary/aromatic N) is 2. The van der Waals surface area contributed by atoms with Gasteiger partial charge >= 0.3 is 0 Å². The molecule has 0 bridgehead atoms. The van der Waals surface area contributed by atoms with E-state index in [1.165, 1.54) is 0 Å². The Balaban J connectivity index is 1.47. The Morgan fingerprint density at radius 3 is 2.96 bits per heavy atom. The lowest BCUT2D eigenvalue weighted by Gasteiger charge is -2.26. The highest BCUT2D eigenvalue weighted by atomic mass is 35.5. The number of hydrogen-bond donors (Lipinski definition) is 2. The van der Waals surface area contributed by atoms with Crippen LogP contribution in [0.15, 0.2) is 34.9 Å². The lowest BCUT2D eigenvalue weighted by molar-refractivity contribution is 0.0914. The van der Waals surface area contributed by atoms with Crippen molar-refractivity contribution in [2.45, 2.75) is 6.42 Å². The van der Waals surface area contributed by atoms with Crippen LogP contribution in [0.5, 0.6) is 0 Å². The predicted molar refractivity (Wildman–Crippen MR) is 93.2 cm³/mol. The monoisotopic (exact) mass is 348 g/mol. The van der Waals surface area contributed by atoms with Gasteiger partial charge in [-0.05, 0) is 25.1 Å². The van der Waals surface area contributed by atoms with Gasteiger partial charge in [-0.2, -0.15) is 0 Å². The summed E-state index contributed by atoms with van der Waals surface area (Å²) in [6, 6.07) is 8.92. The van der Waals surface area contributed by atoms with Crippen molar-refractivity contribution in [1.29, 1.82) is 0 Å². The third kappa shape index (κ3) is 4.56. The molecule has 1 fully saturated rings. The van der Waals surface area contributed by atoms with E-state index in [2.05, 4.69) is 20.7 Å². The van der Waals surface area contributed by atoms with Gasteiger partial charge in [0.15, 0.2) is 0 Å². The second-order valence-electron chi connectivity index (χ2n) is 5.79. The van der Waals surface area contributed by atoms with Gasteiger partial charge < -0.3 is 20.1 Å². The molecule has 2 aromatic rings. The van der Waals surface area contributed by atoms with Crippen molar-refractivity contribution >= 4 is 17.5 Å². The maximum absolute atomic E-state index is 12.1. The summed E-state index contributed by atoms with van der Waals surface area (Å²) in [7, 11) is 0. The van der Waals surface area contributed by atoms with Gasteiger partial charge in [0.1, 0.15) is 5.69 Å². The summed E-state index contributed by atoms with van der Waals surface area (Å²) in [5.41, 5.74) is 1.42. The first-order valence-electron chi connectivity index (χ1n) is 8.16.